The molecule has 1 aliphatic heterocycles. The van der Waals surface area contributed by atoms with Gasteiger partial charge < -0.3 is 20.3 Å². The van der Waals surface area contributed by atoms with Gasteiger partial charge in [0.05, 0.1) is 34.7 Å². The lowest BCUT2D eigenvalue weighted by atomic mass is 10.2. The summed E-state index contributed by atoms with van der Waals surface area (Å²) in [7, 11) is 0. The lowest BCUT2D eigenvalue weighted by Crippen LogP contribution is -2.36. The van der Waals surface area contributed by atoms with Gasteiger partial charge in [0.15, 0.2) is 5.13 Å². The molecule has 2 aromatic carbocycles. The average Bonchev–Trinajstić information content (AvgIpc) is 3.13. The van der Waals surface area contributed by atoms with Crippen LogP contribution in [0.25, 0.3) is 10.2 Å². The van der Waals surface area contributed by atoms with E-state index in [2.05, 4.69) is 20.5 Å². The van der Waals surface area contributed by atoms with E-state index in [1.807, 2.05) is 18.2 Å². The minimum atomic E-state index is -0.533. The molecule has 0 atom stereocenters. The molecule has 2 amide bonds. The van der Waals surface area contributed by atoms with Gasteiger partial charge in [0, 0.05) is 18.8 Å². The van der Waals surface area contributed by atoms with Crippen LogP contribution in [0, 0.1) is 17.1 Å². The first-order valence-electron chi connectivity index (χ1n) is 8.63. The quantitative estimate of drug-likeness (QED) is 0.702. The molecule has 0 bridgehead atoms. The Labute approximate surface area is 164 Å². The van der Waals surface area contributed by atoms with Gasteiger partial charge in [-0.15, -0.1) is 0 Å². The Balaban J connectivity index is 1.48. The predicted molar refractivity (Wildman–Crippen MR) is 106 cm³/mol. The second-order valence-electron chi connectivity index (χ2n) is 6.16. The number of carbonyl (C=O) groups is 1. The van der Waals surface area contributed by atoms with E-state index in [1.54, 1.807) is 17.4 Å². The molecule has 1 fully saturated rings. The SMILES string of the molecule is N#Cc1cc(F)ccc1NC(=O)Nc1ccc2nc(N3CCOCC3)sc2c1. The van der Waals surface area contributed by atoms with Gasteiger partial charge in [0.1, 0.15) is 11.9 Å². The number of thiazole rings is 1. The Morgan fingerprint density at radius 2 is 2.04 bits per heavy atom. The monoisotopic (exact) mass is 397 g/mol. The number of morpholine rings is 1. The van der Waals surface area contributed by atoms with Gasteiger partial charge in [0.25, 0.3) is 0 Å². The minimum absolute atomic E-state index is 0.0585. The maximum Gasteiger partial charge on any atom is 0.323 e. The Morgan fingerprint density at radius 1 is 1.21 bits per heavy atom. The highest BCUT2D eigenvalue weighted by Crippen LogP contribution is 2.31. The van der Waals surface area contributed by atoms with Crippen LogP contribution in [0.5, 0.6) is 0 Å². The number of anilines is 3. The molecule has 28 heavy (non-hydrogen) atoms. The van der Waals surface area contributed by atoms with Crippen molar-refractivity contribution in [3.63, 3.8) is 0 Å². The zero-order valence-electron chi connectivity index (χ0n) is 14.7. The third-order valence-corrected chi connectivity index (χ3v) is 5.35. The molecular weight excluding hydrogens is 381 g/mol. The first kappa shape index (κ1) is 18.2. The number of nitrogens with zero attached hydrogens (tertiary/aromatic N) is 3. The second-order valence-corrected chi connectivity index (χ2v) is 7.17. The van der Waals surface area contributed by atoms with E-state index in [4.69, 9.17) is 10.00 Å². The normalized spacial score (nSPS) is 13.9. The van der Waals surface area contributed by atoms with Crippen molar-refractivity contribution >= 4 is 44.1 Å². The van der Waals surface area contributed by atoms with Gasteiger partial charge in [-0.1, -0.05) is 11.3 Å². The van der Waals surface area contributed by atoms with Crippen molar-refractivity contribution in [1.82, 2.24) is 4.98 Å². The first-order chi connectivity index (χ1) is 13.6. The molecule has 0 saturated carbocycles. The fraction of sp³-hybridized carbons (Fsp3) is 0.211. The predicted octanol–water partition coefficient (Wildman–Crippen LogP) is 3.79. The molecule has 1 aromatic heterocycles. The standard InChI is InChI=1S/C19H16FN5O2S/c20-13-1-3-15(12(9-13)11-21)23-18(26)22-14-2-4-16-17(10-14)28-19(24-16)25-5-7-27-8-6-25/h1-4,9-10H,5-8H2,(H2,22,23,26). The van der Waals surface area contributed by atoms with Gasteiger partial charge in [0.2, 0.25) is 0 Å². The van der Waals surface area contributed by atoms with Crippen LogP contribution in [0.15, 0.2) is 36.4 Å². The highest BCUT2D eigenvalue weighted by Gasteiger charge is 2.16. The summed E-state index contributed by atoms with van der Waals surface area (Å²) in [6.45, 7) is 3.01. The summed E-state index contributed by atoms with van der Waals surface area (Å²) in [5.74, 6) is -0.533. The number of aromatic nitrogens is 1. The van der Waals surface area contributed by atoms with Crippen LogP contribution in [0.1, 0.15) is 5.56 Å². The molecule has 1 aliphatic rings. The number of ether oxygens (including phenoxy) is 1. The molecule has 2 heterocycles. The first-order valence-corrected chi connectivity index (χ1v) is 9.45. The molecule has 9 heteroatoms. The van der Waals surface area contributed by atoms with Crippen LogP contribution >= 0.6 is 11.3 Å². The topological polar surface area (TPSA) is 90.3 Å². The Hall–Kier alpha value is -3.22. The smallest absolute Gasteiger partial charge is 0.323 e. The number of halogens is 1. The Kier molecular flexibility index (Phi) is 5.06. The van der Waals surface area contributed by atoms with Crippen molar-refractivity contribution in [3.05, 3.63) is 47.8 Å². The van der Waals surface area contributed by atoms with Crippen molar-refractivity contribution in [2.75, 3.05) is 41.8 Å². The Morgan fingerprint density at radius 3 is 2.82 bits per heavy atom. The maximum atomic E-state index is 13.2. The number of nitrogens with one attached hydrogen (secondary N) is 2. The fourth-order valence-electron chi connectivity index (χ4n) is 2.88. The molecule has 142 valence electrons. The highest BCUT2D eigenvalue weighted by molar-refractivity contribution is 7.22. The zero-order chi connectivity index (χ0) is 19.5. The number of amides is 2. The summed E-state index contributed by atoms with van der Waals surface area (Å²) in [6.07, 6.45) is 0. The van der Waals surface area contributed by atoms with E-state index >= 15 is 0 Å². The molecule has 0 spiro atoms. The van der Waals surface area contributed by atoms with Crippen molar-refractivity contribution in [2.45, 2.75) is 0 Å². The summed E-state index contributed by atoms with van der Waals surface area (Å²) in [4.78, 5) is 19.1. The van der Waals surface area contributed by atoms with Crippen molar-refractivity contribution in [1.29, 1.82) is 5.26 Å². The third-order valence-electron chi connectivity index (χ3n) is 4.27. The van der Waals surface area contributed by atoms with E-state index in [0.717, 1.165) is 34.5 Å². The van der Waals surface area contributed by atoms with E-state index in [-0.39, 0.29) is 11.3 Å². The second kappa shape index (κ2) is 7.80. The van der Waals surface area contributed by atoms with Crippen LogP contribution in [-0.2, 0) is 4.74 Å². The van der Waals surface area contributed by atoms with Crippen molar-refractivity contribution in [2.24, 2.45) is 0 Å². The molecule has 0 aliphatic carbocycles. The third kappa shape index (κ3) is 3.88. The summed E-state index contributed by atoms with van der Waals surface area (Å²) < 4.78 is 19.5. The van der Waals surface area contributed by atoms with Gasteiger partial charge >= 0.3 is 6.03 Å². The summed E-state index contributed by atoms with van der Waals surface area (Å²) in [5.41, 5.74) is 1.77. The van der Waals surface area contributed by atoms with Crippen LogP contribution in [0.2, 0.25) is 0 Å². The minimum Gasteiger partial charge on any atom is -0.378 e. The molecule has 7 nitrogen and oxygen atoms in total. The Bertz CT molecular complexity index is 1070. The molecule has 0 unspecified atom stereocenters. The maximum absolute atomic E-state index is 13.2. The van der Waals surface area contributed by atoms with Crippen LogP contribution in [-0.4, -0.2) is 37.3 Å². The van der Waals surface area contributed by atoms with Crippen LogP contribution < -0.4 is 15.5 Å². The van der Waals surface area contributed by atoms with Gasteiger partial charge in [-0.25, -0.2) is 14.2 Å². The molecule has 3 aromatic rings. The lowest BCUT2D eigenvalue weighted by Gasteiger charge is -2.25. The van der Waals surface area contributed by atoms with E-state index in [0.29, 0.717) is 18.9 Å². The van der Waals surface area contributed by atoms with Gasteiger partial charge in [-0.3, -0.25) is 0 Å². The van der Waals surface area contributed by atoms with Crippen molar-refractivity contribution in [3.8, 4) is 6.07 Å². The number of hydrogen-bond acceptors (Lipinski definition) is 6. The van der Waals surface area contributed by atoms with Gasteiger partial charge in [-0.2, -0.15) is 5.26 Å². The molecule has 0 radical (unpaired) electrons. The number of rotatable bonds is 3. The average molecular weight is 397 g/mol. The molecule has 4 rings (SSSR count). The zero-order valence-corrected chi connectivity index (χ0v) is 15.6. The highest BCUT2D eigenvalue weighted by atomic mass is 32.1. The number of benzene rings is 2. The molecule has 1 saturated heterocycles. The largest absolute Gasteiger partial charge is 0.378 e. The van der Waals surface area contributed by atoms with Crippen LogP contribution in [0.3, 0.4) is 0 Å². The number of urea groups is 1. The molecule has 2 N–H and O–H groups in total. The number of fused-ring (bicyclic) bond motifs is 1. The molecular formula is C19H16FN5O2S. The number of carbonyl (C=O) groups excluding carboxylic acids is 1. The van der Waals surface area contributed by atoms with E-state index in [9.17, 15) is 9.18 Å². The van der Waals surface area contributed by atoms with Crippen molar-refractivity contribution < 1.29 is 13.9 Å². The number of hydrogen-bond donors (Lipinski definition) is 2. The lowest BCUT2D eigenvalue weighted by molar-refractivity contribution is 0.122. The van der Waals surface area contributed by atoms with Crippen LogP contribution in [0.4, 0.5) is 25.7 Å². The van der Waals surface area contributed by atoms with E-state index in [1.165, 1.54) is 12.1 Å². The van der Waals surface area contributed by atoms with Gasteiger partial charge in [-0.05, 0) is 36.4 Å². The number of nitriles is 1. The summed E-state index contributed by atoms with van der Waals surface area (Å²) in [5, 5.41) is 15.3. The summed E-state index contributed by atoms with van der Waals surface area (Å²) in [6, 6.07) is 10.4. The van der Waals surface area contributed by atoms with E-state index < -0.39 is 11.8 Å². The summed E-state index contributed by atoms with van der Waals surface area (Å²) >= 11 is 1.56. The fourth-order valence-corrected chi connectivity index (χ4v) is 3.94.